The number of amides is 1. The van der Waals surface area contributed by atoms with Crippen molar-refractivity contribution < 1.29 is 9.18 Å². The van der Waals surface area contributed by atoms with Gasteiger partial charge in [0.05, 0.1) is 15.8 Å². The Hall–Kier alpha value is -2.29. The highest BCUT2D eigenvalue weighted by Gasteiger charge is 2.14. The van der Waals surface area contributed by atoms with Gasteiger partial charge in [-0.15, -0.1) is 10.2 Å². The van der Waals surface area contributed by atoms with Gasteiger partial charge in [0, 0.05) is 11.3 Å². The maximum absolute atomic E-state index is 13.0. The second kappa shape index (κ2) is 7.94. The van der Waals surface area contributed by atoms with Crippen molar-refractivity contribution >= 4 is 46.6 Å². The van der Waals surface area contributed by atoms with Crippen molar-refractivity contribution in [3.05, 3.63) is 58.3 Å². The van der Waals surface area contributed by atoms with Crippen molar-refractivity contribution in [2.45, 2.75) is 5.16 Å². The number of anilines is 1. The molecule has 26 heavy (non-hydrogen) atoms. The number of aromatic nitrogens is 3. The molecule has 0 bridgehead atoms. The molecule has 0 unspecified atom stereocenters. The molecule has 0 saturated carbocycles. The number of halogens is 3. The van der Waals surface area contributed by atoms with Crippen molar-refractivity contribution in [1.29, 1.82) is 0 Å². The standard InChI is InChI=1S/C16H12Cl2FN5OS/c17-12-6-5-11(7-13(12)18)21-14(25)8-26-16-23-22-15(24(16)20)9-1-3-10(19)4-2-9/h1-7H,8,20H2,(H,21,25). The number of benzene rings is 2. The third-order valence-electron chi connectivity index (χ3n) is 3.30. The Morgan fingerprint density at radius 1 is 1.15 bits per heavy atom. The lowest BCUT2D eigenvalue weighted by atomic mass is 10.2. The minimum atomic E-state index is -0.356. The Balaban J connectivity index is 1.63. The van der Waals surface area contributed by atoms with E-state index in [0.717, 1.165) is 11.8 Å². The van der Waals surface area contributed by atoms with E-state index in [0.29, 0.717) is 32.3 Å². The zero-order valence-corrected chi connectivity index (χ0v) is 15.4. The van der Waals surface area contributed by atoms with Gasteiger partial charge in [-0.25, -0.2) is 9.07 Å². The average molecular weight is 412 g/mol. The number of hydrogen-bond acceptors (Lipinski definition) is 5. The van der Waals surface area contributed by atoms with Crippen LogP contribution in [0.1, 0.15) is 0 Å². The predicted octanol–water partition coefficient (Wildman–Crippen LogP) is 3.84. The summed E-state index contributed by atoms with van der Waals surface area (Å²) >= 11 is 12.9. The number of thioether (sulfide) groups is 1. The third kappa shape index (κ3) is 4.27. The average Bonchev–Trinajstić information content (AvgIpc) is 2.98. The van der Waals surface area contributed by atoms with Gasteiger partial charge >= 0.3 is 0 Å². The minimum absolute atomic E-state index is 0.0684. The summed E-state index contributed by atoms with van der Waals surface area (Å²) in [5.41, 5.74) is 1.15. The molecule has 0 spiro atoms. The fraction of sp³-hybridized carbons (Fsp3) is 0.0625. The van der Waals surface area contributed by atoms with Gasteiger partial charge in [-0.1, -0.05) is 35.0 Å². The van der Waals surface area contributed by atoms with Crippen molar-refractivity contribution in [3.63, 3.8) is 0 Å². The molecule has 2 aromatic carbocycles. The molecule has 3 rings (SSSR count). The molecule has 3 N–H and O–H groups in total. The van der Waals surface area contributed by atoms with Crippen LogP contribution in [0.15, 0.2) is 47.6 Å². The van der Waals surface area contributed by atoms with Gasteiger partial charge in [-0.05, 0) is 42.5 Å². The van der Waals surface area contributed by atoms with Crippen LogP contribution >= 0.6 is 35.0 Å². The fourth-order valence-corrected chi connectivity index (χ4v) is 3.03. The highest BCUT2D eigenvalue weighted by atomic mass is 35.5. The maximum atomic E-state index is 13.0. The van der Waals surface area contributed by atoms with Crippen molar-refractivity contribution in [2.75, 3.05) is 16.9 Å². The number of rotatable bonds is 5. The Morgan fingerprint density at radius 2 is 1.88 bits per heavy atom. The zero-order valence-electron chi connectivity index (χ0n) is 13.1. The quantitative estimate of drug-likeness (QED) is 0.491. The Bertz CT molecular complexity index is 948. The van der Waals surface area contributed by atoms with Crippen molar-refractivity contribution in [3.8, 4) is 11.4 Å². The van der Waals surface area contributed by atoms with Gasteiger partial charge in [-0.2, -0.15) is 0 Å². The summed E-state index contributed by atoms with van der Waals surface area (Å²) < 4.78 is 14.3. The lowest BCUT2D eigenvalue weighted by Crippen LogP contribution is -2.16. The SMILES string of the molecule is Nn1c(SCC(=O)Nc2ccc(Cl)c(Cl)c2)nnc1-c1ccc(F)cc1. The molecule has 0 atom stereocenters. The monoisotopic (exact) mass is 411 g/mol. The number of nitrogen functional groups attached to an aromatic ring is 1. The van der Waals surface area contributed by atoms with Crippen LogP contribution in [-0.2, 0) is 4.79 Å². The highest BCUT2D eigenvalue weighted by molar-refractivity contribution is 7.99. The van der Waals surface area contributed by atoms with E-state index in [1.165, 1.54) is 16.8 Å². The summed E-state index contributed by atoms with van der Waals surface area (Å²) in [6.07, 6.45) is 0. The molecule has 0 aliphatic carbocycles. The van der Waals surface area contributed by atoms with Gasteiger partial charge in [0.2, 0.25) is 11.1 Å². The van der Waals surface area contributed by atoms with E-state index in [-0.39, 0.29) is 17.5 Å². The van der Waals surface area contributed by atoms with Crippen molar-refractivity contribution in [2.24, 2.45) is 0 Å². The number of carbonyl (C=O) groups excluding carboxylic acids is 1. The van der Waals surface area contributed by atoms with E-state index in [2.05, 4.69) is 15.5 Å². The van der Waals surface area contributed by atoms with Gasteiger partial charge < -0.3 is 11.2 Å². The molecule has 0 saturated heterocycles. The second-order valence-corrected chi connectivity index (χ2v) is 6.91. The van der Waals surface area contributed by atoms with E-state index < -0.39 is 0 Å². The van der Waals surface area contributed by atoms with Gasteiger partial charge in [0.1, 0.15) is 5.82 Å². The first-order valence-corrected chi connectivity index (χ1v) is 9.02. The fourth-order valence-electron chi connectivity index (χ4n) is 2.07. The smallest absolute Gasteiger partial charge is 0.234 e. The molecule has 0 aliphatic heterocycles. The van der Waals surface area contributed by atoms with Crippen molar-refractivity contribution in [1.82, 2.24) is 14.9 Å². The van der Waals surface area contributed by atoms with E-state index in [1.54, 1.807) is 30.3 Å². The topological polar surface area (TPSA) is 85.8 Å². The predicted molar refractivity (Wildman–Crippen MR) is 101 cm³/mol. The van der Waals surface area contributed by atoms with Crippen LogP contribution in [0.5, 0.6) is 0 Å². The van der Waals surface area contributed by atoms with Crippen LogP contribution in [-0.4, -0.2) is 26.5 Å². The Morgan fingerprint density at radius 3 is 2.58 bits per heavy atom. The Labute approximate surface area is 162 Å². The van der Waals surface area contributed by atoms with Crippen LogP contribution in [0, 0.1) is 5.82 Å². The molecule has 1 heterocycles. The molecule has 0 aliphatic rings. The lowest BCUT2D eigenvalue weighted by Gasteiger charge is -2.06. The van der Waals surface area contributed by atoms with E-state index in [1.807, 2.05) is 0 Å². The van der Waals surface area contributed by atoms with Gasteiger partial charge in [0.15, 0.2) is 5.82 Å². The molecule has 134 valence electrons. The summed E-state index contributed by atoms with van der Waals surface area (Å²) in [4.78, 5) is 12.1. The van der Waals surface area contributed by atoms with Crippen LogP contribution in [0.3, 0.4) is 0 Å². The molecule has 0 fully saturated rings. The Kier molecular flexibility index (Phi) is 5.65. The number of nitrogens with one attached hydrogen (secondary N) is 1. The first-order chi connectivity index (χ1) is 12.4. The molecule has 10 heteroatoms. The zero-order chi connectivity index (χ0) is 18.7. The minimum Gasteiger partial charge on any atom is -0.335 e. The molecule has 0 radical (unpaired) electrons. The van der Waals surface area contributed by atoms with Crippen LogP contribution in [0.25, 0.3) is 11.4 Å². The van der Waals surface area contributed by atoms with Gasteiger partial charge in [0.25, 0.3) is 0 Å². The molecular formula is C16H12Cl2FN5OS. The van der Waals surface area contributed by atoms with Crippen LogP contribution in [0.2, 0.25) is 10.0 Å². The summed E-state index contributed by atoms with van der Waals surface area (Å²) in [6.45, 7) is 0. The van der Waals surface area contributed by atoms with E-state index in [9.17, 15) is 9.18 Å². The number of nitrogens with two attached hydrogens (primary N) is 1. The molecule has 3 aromatic rings. The molecular weight excluding hydrogens is 400 g/mol. The number of hydrogen-bond donors (Lipinski definition) is 2. The molecule has 6 nitrogen and oxygen atoms in total. The normalized spacial score (nSPS) is 10.7. The molecule has 1 aromatic heterocycles. The first kappa shape index (κ1) is 18.5. The third-order valence-corrected chi connectivity index (χ3v) is 4.98. The van der Waals surface area contributed by atoms with E-state index in [4.69, 9.17) is 29.0 Å². The lowest BCUT2D eigenvalue weighted by molar-refractivity contribution is -0.113. The summed E-state index contributed by atoms with van der Waals surface area (Å²) in [7, 11) is 0. The highest BCUT2D eigenvalue weighted by Crippen LogP contribution is 2.26. The van der Waals surface area contributed by atoms with Crippen LogP contribution < -0.4 is 11.2 Å². The largest absolute Gasteiger partial charge is 0.335 e. The van der Waals surface area contributed by atoms with E-state index >= 15 is 0 Å². The number of nitrogens with zero attached hydrogens (tertiary/aromatic N) is 3. The summed E-state index contributed by atoms with van der Waals surface area (Å²) in [6, 6.07) is 10.5. The molecule has 1 amide bonds. The van der Waals surface area contributed by atoms with Crippen LogP contribution in [0.4, 0.5) is 10.1 Å². The summed E-state index contributed by atoms with van der Waals surface area (Å²) in [5.74, 6) is 5.78. The first-order valence-electron chi connectivity index (χ1n) is 7.28. The van der Waals surface area contributed by atoms with Gasteiger partial charge in [-0.3, -0.25) is 4.79 Å². The maximum Gasteiger partial charge on any atom is 0.234 e. The summed E-state index contributed by atoms with van der Waals surface area (Å²) in [5, 5.41) is 11.8. The number of carbonyl (C=O) groups is 1. The second-order valence-electron chi connectivity index (χ2n) is 5.15.